The normalized spacial score (nSPS) is 13.9. The molecular formula is C13H21N3O8S. The van der Waals surface area contributed by atoms with Crippen molar-refractivity contribution in [2.45, 2.75) is 37.9 Å². The van der Waals surface area contributed by atoms with Crippen LogP contribution in [0, 0.1) is 0 Å². The van der Waals surface area contributed by atoms with E-state index in [0.29, 0.717) is 0 Å². The first-order chi connectivity index (χ1) is 11.6. The van der Waals surface area contributed by atoms with Crippen molar-refractivity contribution in [1.29, 1.82) is 0 Å². The van der Waals surface area contributed by atoms with Crippen LogP contribution in [-0.2, 0) is 28.7 Å². The zero-order valence-corrected chi connectivity index (χ0v) is 14.3. The van der Waals surface area contributed by atoms with Gasteiger partial charge in [0.1, 0.15) is 24.7 Å². The summed E-state index contributed by atoms with van der Waals surface area (Å²) in [5.41, 5.74) is 5.27. The molecule has 0 aliphatic heterocycles. The molecule has 0 aromatic carbocycles. The number of rotatable bonds is 11. The highest BCUT2D eigenvalue weighted by Gasteiger charge is 2.27. The number of nitrogens with one attached hydrogen (secondary N) is 2. The fourth-order valence-corrected chi connectivity index (χ4v) is 1.77. The molecule has 0 radical (unpaired) electrons. The molecule has 0 aliphatic rings. The van der Waals surface area contributed by atoms with Crippen molar-refractivity contribution in [2.75, 3.05) is 12.4 Å². The molecule has 0 saturated heterocycles. The van der Waals surface area contributed by atoms with Crippen LogP contribution in [0.3, 0.4) is 0 Å². The minimum atomic E-state index is -1.35. The Kier molecular flexibility index (Phi) is 10.2. The Balaban J connectivity index is 4.82. The third-order valence-electron chi connectivity index (χ3n) is 2.90. The van der Waals surface area contributed by atoms with Gasteiger partial charge in [0.2, 0.25) is 11.8 Å². The number of carboxylic acids is 2. The molecule has 142 valence electrons. The standard InChI is InChI=1S/C13H21N3O8S/c1-6(17)24-4-8(11(19)16-9(5-25)13(22)23)15-10(18)3-2-7(14)12(20)21/h7-9,25H,2-5,14H2,1H3,(H,15,18)(H,16,19)(H,20,21)(H,22,23)/t7-,8-,9-/m0/s1. The number of carbonyl (C=O) groups is 5. The second kappa shape index (κ2) is 11.3. The molecule has 0 aromatic heterocycles. The largest absolute Gasteiger partial charge is 0.480 e. The minimum absolute atomic E-state index is 0.169. The van der Waals surface area contributed by atoms with Gasteiger partial charge in [0.15, 0.2) is 0 Å². The second-order valence-electron chi connectivity index (χ2n) is 4.99. The van der Waals surface area contributed by atoms with E-state index in [2.05, 4.69) is 28.0 Å². The van der Waals surface area contributed by atoms with Crippen LogP contribution in [0.5, 0.6) is 0 Å². The zero-order chi connectivity index (χ0) is 19.6. The molecular weight excluding hydrogens is 358 g/mol. The summed E-state index contributed by atoms with van der Waals surface area (Å²) in [6, 6.07) is -3.89. The maximum atomic E-state index is 12.1. The lowest BCUT2D eigenvalue weighted by Gasteiger charge is -2.20. The molecule has 0 saturated carbocycles. The third kappa shape index (κ3) is 9.52. The predicted octanol–water partition coefficient (Wildman–Crippen LogP) is -2.27. The van der Waals surface area contributed by atoms with Crippen molar-refractivity contribution in [3.05, 3.63) is 0 Å². The number of esters is 1. The van der Waals surface area contributed by atoms with Crippen LogP contribution in [0.15, 0.2) is 0 Å². The summed E-state index contributed by atoms with van der Waals surface area (Å²) in [6.07, 6.45) is -0.455. The van der Waals surface area contributed by atoms with Crippen LogP contribution >= 0.6 is 12.6 Å². The van der Waals surface area contributed by atoms with E-state index in [1.165, 1.54) is 0 Å². The first-order valence-corrected chi connectivity index (χ1v) is 7.76. The SMILES string of the molecule is CC(=O)OC[C@H](NC(=O)CC[C@H](N)C(=O)O)C(=O)N[C@@H](CS)C(=O)O. The van der Waals surface area contributed by atoms with Gasteiger partial charge in [-0.05, 0) is 6.42 Å². The third-order valence-corrected chi connectivity index (χ3v) is 3.27. The number of aliphatic carboxylic acids is 2. The van der Waals surface area contributed by atoms with E-state index in [1.807, 2.05) is 0 Å². The van der Waals surface area contributed by atoms with Crippen LogP contribution in [-0.4, -0.2) is 70.4 Å². The Labute approximate surface area is 148 Å². The van der Waals surface area contributed by atoms with Crippen molar-refractivity contribution in [3.8, 4) is 0 Å². The lowest BCUT2D eigenvalue weighted by atomic mass is 10.1. The van der Waals surface area contributed by atoms with Crippen LogP contribution in [0.25, 0.3) is 0 Å². The molecule has 2 amide bonds. The molecule has 6 N–H and O–H groups in total. The molecule has 0 aliphatic carbocycles. The van der Waals surface area contributed by atoms with Gasteiger partial charge in [-0.1, -0.05) is 0 Å². The average molecular weight is 379 g/mol. The summed E-state index contributed by atoms with van der Waals surface area (Å²) in [5.74, 6) is -5.10. The van der Waals surface area contributed by atoms with E-state index in [1.54, 1.807) is 0 Å². The quantitative estimate of drug-likeness (QED) is 0.170. The number of hydrogen-bond acceptors (Lipinski definition) is 8. The number of nitrogens with two attached hydrogens (primary N) is 1. The smallest absolute Gasteiger partial charge is 0.327 e. The lowest BCUT2D eigenvalue weighted by Crippen LogP contribution is -2.54. The molecule has 0 bridgehead atoms. The van der Waals surface area contributed by atoms with Gasteiger partial charge in [0.25, 0.3) is 0 Å². The van der Waals surface area contributed by atoms with Gasteiger partial charge >= 0.3 is 17.9 Å². The average Bonchev–Trinajstić information content (AvgIpc) is 2.52. The zero-order valence-electron chi connectivity index (χ0n) is 13.4. The number of carbonyl (C=O) groups excluding carboxylic acids is 3. The molecule has 0 fully saturated rings. The molecule has 12 heteroatoms. The van der Waals surface area contributed by atoms with Gasteiger partial charge in [0, 0.05) is 19.1 Å². The van der Waals surface area contributed by atoms with Crippen molar-refractivity contribution in [1.82, 2.24) is 10.6 Å². The minimum Gasteiger partial charge on any atom is -0.480 e. The summed E-state index contributed by atoms with van der Waals surface area (Å²) in [4.78, 5) is 56.3. The van der Waals surface area contributed by atoms with Gasteiger partial charge in [0.05, 0.1) is 0 Å². The van der Waals surface area contributed by atoms with Crippen LogP contribution in [0.4, 0.5) is 0 Å². The molecule has 3 atom stereocenters. The Hall–Kier alpha value is -2.34. The molecule has 0 unspecified atom stereocenters. The van der Waals surface area contributed by atoms with Crippen molar-refractivity contribution in [3.63, 3.8) is 0 Å². The van der Waals surface area contributed by atoms with Crippen molar-refractivity contribution < 1.29 is 38.9 Å². The topological polar surface area (TPSA) is 185 Å². The van der Waals surface area contributed by atoms with Gasteiger partial charge < -0.3 is 31.3 Å². The van der Waals surface area contributed by atoms with Gasteiger partial charge in [-0.25, -0.2) is 4.79 Å². The maximum Gasteiger partial charge on any atom is 0.327 e. The molecule has 11 nitrogen and oxygen atoms in total. The lowest BCUT2D eigenvalue weighted by molar-refractivity contribution is -0.146. The molecule has 0 aromatic rings. The number of amides is 2. The number of thiol groups is 1. The predicted molar refractivity (Wildman–Crippen MR) is 86.8 cm³/mol. The van der Waals surface area contributed by atoms with E-state index in [-0.39, 0.29) is 18.6 Å². The second-order valence-corrected chi connectivity index (χ2v) is 5.35. The van der Waals surface area contributed by atoms with E-state index >= 15 is 0 Å². The van der Waals surface area contributed by atoms with Crippen molar-refractivity contribution in [2.24, 2.45) is 5.73 Å². The van der Waals surface area contributed by atoms with E-state index < -0.39 is 54.5 Å². The summed E-state index contributed by atoms with van der Waals surface area (Å²) in [5, 5.41) is 21.9. The monoisotopic (exact) mass is 379 g/mol. The van der Waals surface area contributed by atoms with E-state index in [0.717, 1.165) is 6.92 Å². The van der Waals surface area contributed by atoms with E-state index in [9.17, 15) is 24.0 Å². The Morgan fingerprint density at radius 2 is 1.68 bits per heavy atom. The summed E-state index contributed by atoms with van der Waals surface area (Å²) < 4.78 is 4.67. The summed E-state index contributed by atoms with van der Waals surface area (Å²) in [7, 11) is 0. The molecule has 0 heterocycles. The van der Waals surface area contributed by atoms with Crippen LogP contribution < -0.4 is 16.4 Å². The summed E-state index contributed by atoms with van der Waals surface area (Å²) in [6.45, 7) is 0.577. The first-order valence-electron chi connectivity index (χ1n) is 7.13. The molecule has 25 heavy (non-hydrogen) atoms. The number of carboxylic acid groups (broad SMARTS) is 2. The maximum absolute atomic E-state index is 12.1. The van der Waals surface area contributed by atoms with Gasteiger partial charge in [-0.2, -0.15) is 12.6 Å². The fraction of sp³-hybridized carbons (Fsp3) is 0.615. The van der Waals surface area contributed by atoms with E-state index in [4.69, 9.17) is 15.9 Å². The molecule has 0 rings (SSSR count). The van der Waals surface area contributed by atoms with Crippen LogP contribution in [0.1, 0.15) is 19.8 Å². The van der Waals surface area contributed by atoms with Gasteiger partial charge in [-0.3, -0.25) is 19.2 Å². The van der Waals surface area contributed by atoms with Gasteiger partial charge in [-0.15, -0.1) is 0 Å². The number of hydrogen-bond donors (Lipinski definition) is 6. The Morgan fingerprint density at radius 1 is 1.08 bits per heavy atom. The number of ether oxygens (including phenoxy) is 1. The summed E-state index contributed by atoms with van der Waals surface area (Å²) >= 11 is 3.79. The van der Waals surface area contributed by atoms with Crippen molar-refractivity contribution >= 4 is 42.4 Å². The van der Waals surface area contributed by atoms with Crippen LogP contribution in [0.2, 0.25) is 0 Å². The Bertz CT molecular complexity index is 527. The molecule has 0 spiro atoms. The highest BCUT2D eigenvalue weighted by atomic mass is 32.1. The fourth-order valence-electron chi connectivity index (χ4n) is 1.52. The highest BCUT2D eigenvalue weighted by molar-refractivity contribution is 7.80. The first kappa shape index (κ1) is 22.7. The highest BCUT2D eigenvalue weighted by Crippen LogP contribution is 1.98. The Morgan fingerprint density at radius 3 is 2.12 bits per heavy atom.